The summed E-state index contributed by atoms with van der Waals surface area (Å²) in [4.78, 5) is 5.75. The molecule has 1 aliphatic rings. The largest absolute Gasteiger partial charge is 0.493 e. The molecule has 0 saturated heterocycles. The van der Waals surface area contributed by atoms with Gasteiger partial charge in [0.25, 0.3) is 0 Å². The van der Waals surface area contributed by atoms with Crippen molar-refractivity contribution in [2.24, 2.45) is 0 Å². The normalized spacial score (nSPS) is 12.2. The molecule has 0 radical (unpaired) electrons. The van der Waals surface area contributed by atoms with E-state index in [0.717, 1.165) is 50.4 Å². The lowest BCUT2D eigenvalue weighted by Gasteiger charge is -2.09. The SMILES string of the molecule is COc1cc2c(cc1OC)-c1nc3sc(-c4ccccc4)nn3c1C2. The Kier molecular flexibility index (Phi) is 3.08. The predicted octanol–water partition coefficient (Wildman–Crippen LogP) is 4.05. The minimum Gasteiger partial charge on any atom is -0.493 e. The lowest BCUT2D eigenvalue weighted by molar-refractivity contribution is 0.355. The van der Waals surface area contributed by atoms with Crippen LogP contribution in [0.15, 0.2) is 42.5 Å². The highest BCUT2D eigenvalue weighted by molar-refractivity contribution is 7.19. The predicted molar refractivity (Wildman–Crippen MR) is 97.6 cm³/mol. The van der Waals surface area contributed by atoms with Gasteiger partial charge >= 0.3 is 0 Å². The van der Waals surface area contributed by atoms with Gasteiger partial charge in [-0.25, -0.2) is 9.50 Å². The van der Waals surface area contributed by atoms with Crippen LogP contribution in [-0.4, -0.2) is 28.8 Å². The number of hydrogen-bond donors (Lipinski definition) is 0. The van der Waals surface area contributed by atoms with Crippen molar-refractivity contribution in [1.82, 2.24) is 14.6 Å². The van der Waals surface area contributed by atoms with E-state index in [0.29, 0.717) is 0 Å². The molecule has 0 amide bonds. The van der Waals surface area contributed by atoms with Crippen LogP contribution in [0, 0.1) is 0 Å². The van der Waals surface area contributed by atoms with Crippen molar-refractivity contribution in [2.45, 2.75) is 6.42 Å². The summed E-state index contributed by atoms with van der Waals surface area (Å²) in [6.45, 7) is 0. The number of methoxy groups -OCH3 is 2. The standard InChI is InChI=1S/C19H15N3O2S/c1-23-15-9-12-8-14-17(13(12)10-16(15)24-2)20-19-22(14)21-18(25-19)11-6-4-3-5-7-11/h3-7,9-10H,8H2,1-2H3. The Hall–Kier alpha value is -2.86. The molecule has 0 fully saturated rings. The molecule has 25 heavy (non-hydrogen) atoms. The first kappa shape index (κ1) is 14.5. The molecule has 2 aromatic heterocycles. The van der Waals surface area contributed by atoms with Crippen molar-refractivity contribution in [3.8, 4) is 33.3 Å². The molecule has 0 N–H and O–H groups in total. The summed E-state index contributed by atoms with van der Waals surface area (Å²) in [6.07, 6.45) is 0.796. The van der Waals surface area contributed by atoms with Crippen LogP contribution in [0.5, 0.6) is 11.5 Å². The molecule has 0 unspecified atom stereocenters. The van der Waals surface area contributed by atoms with Crippen LogP contribution in [0.3, 0.4) is 0 Å². The van der Waals surface area contributed by atoms with Gasteiger partial charge in [-0.1, -0.05) is 41.7 Å². The number of hydrogen-bond acceptors (Lipinski definition) is 5. The molecular weight excluding hydrogens is 334 g/mol. The molecule has 0 atom stereocenters. The van der Waals surface area contributed by atoms with Crippen LogP contribution in [0.4, 0.5) is 0 Å². The lowest BCUT2D eigenvalue weighted by atomic mass is 10.1. The van der Waals surface area contributed by atoms with Crippen molar-refractivity contribution in [2.75, 3.05) is 14.2 Å². The Labute approximate surface area is 148 Å². The molecule has 0 aliphatic heterocycles. The molecule has 4 aromatic rings. The van der Waals surface area contributed by atoms with Gasteiger partial charge in [0.1, 0.15) is 5.01 Å². The zero-order chi connectivity index (χ0) is 17.0. The van der Waals surface area contributed by atoms with E-state index in [1.54, 1.807) is 25.6 Å². The number of imidazole rings is 1. The molecule has 2 heterocycles. The highest BCUT2D eigenvalue weighted by Crippen LogP contribution is 2.43. The topological polar surface area (TPSA) is 48.7 Å². The van der Waals surface area contributed by atoms with Gasteiger partial charge in [-0.15, -0.1) is 0 Å². The summed E-state index contributed by atoms with van der Waals surface area (Å²) in [5, 5.41) is 5.78. The summed E-state index contributed by atoms with van der Waals surface area (Å²) in [7, 11) is 3.31. The third-order valence-electron chi connectivity index (χ3n) is 4.54. The molecular formula is C19H15N3O2S. The average molecular weight is 349 g/mol. The lowest BCUT2D eigenvalue weighted by Crippen LogP contribution is -1.94. The van der Waals surface area contributed by atoms with Gasteiger partial charge in [-0.05, 0) is 17.7 Å². The Morgan fingerprint density at radius 1 is 1.04 bits per heavy atom. The number of rotatable bonds is 3. The molecule has 1 aliphatic carbocycles. The first-order chi connectivity index (χ1) is 12.3. The van der Waals surface area contributed by atoms with E-state index in [9.17, 15) is 0 Å². The van der Waals surface area contributed by atoms with E-state index in [2.05, 4.69) is 12.1 Å². The second-order valence-electron chi connectivity index (χ2n) is 5.92. The molecule has 5 nitrogen and oxygen atoms in total. The van der Waals surface area contributed by atoms with Crippen LogP contribution >= 0.6 is 11.3 Å². The van der Waals surface area contributed by atoms with E-state index < -0.39 is 0 Å². The summed E-state index contributed by atoms with van der Waals surface area (Å²) in [5.74, 6) is 1.47. The van der Waals surface area contributed by atoms with E-state index >= 15 is 0 Å². The smallest absolute Gasteiger partial charge is 0.213 e. The number of benzene rings is 2. The molecule has 0 bridgehead atoms. The molecule has 6 heteroatoms. The van der Waals surface area contributed by atoms with Gasteiger partial charge in [0.05, 0.1) is 25.6 Å². The molecule has 5 rings (SSSR count). The Morgan fingerprint density at radius 2 is 1.80 bits per heavy atom. The molecule has 0 saturated carbocycles. The van der Waals surface area contributed by atoms with Gasteiger partial charge in [0.15, 0.2) is 11.5 Å². The summed E-state index contributed by atoms with van der Waals surface area (Å²) < 4.78 is 12.8. The fourth-order valence-corrected chi connectivity index (χ4v) is 4.25. The second kappa shape index (κ2) is 5.32. The highest BCUT2D eigenvalue weighted by atomic mass is 32.1. The number of aromatic nitrogens is 3. The van der Waals surface area contributed by atoms with Gasteiger partial charge in [-0.2, -0.15) is 5.10 Å². The minimum atomic E-state index is 0.725. The average Bonchev–Trinajstić information content (AvgIpc) is 3.30. The highest BCUT2D eigenvalue weighted by Gasteiger charge is 2.28. The molecule has 124 valence electrons. The third-order valence-corrected chi connectivity index (χ3v) is 5.50. The zero-order valence-electron chi connectivity index (χ0n) is 13.8. The number of fused-ring (bicyclic) bond motifs is 5. The maximum absolute atomic E-state index is 5.44. The van der Waals surface area contributed by atoms with Gasteiger partial charge in [0, 0.05) is 17.5 Å². The van der Waals surface area contributed by atoms with Crippen molar-refractivity contribution >= 4 is 16.3 Å². The summed E-state index contributed by atoms with van der Waals surface area (Å²) in [5.41, 5.74) is 5.53. The maximum Gasteiger partial charge on any atom is 0.213 e. The first-order valence-corrected chi connectivity index (χ1v) is 8.79. The first-order valence-electron chi connectivity index (χ1n) is 7.97. The number of nitrogens with zero attached hydrogens (tertiary/aromatic N) is 3. The van der Waals surface area contributed by atoms with E-state index in [-0.39, 0.29) is 0 Å². The van der Waals surface area contributed by atoms with Crippen molar-refractivity contribution in [3.63, 3.8) is 0 Å². The van der Waals surface area contributed by atoms with Gasteiger partial charge in [-0.3, -0.25) is 0 Å². The van der Waals surface area contributed by atoms with Crippen LogP contribution in [0.2, 0.25) is 0 Å². The van der Waals surface area contributed by atoms with Crippen LogP contribution in [-0.2, 0) is 6.42 Å². The Morgan fingerprint density at radius 3 is 2.56 bits per heavy atom. The fraction of sp³-hybridized carbons (Fsp3) is 0.158. The minimum absolute atomic E-state index is 0.725. The Balaban J connectivity index is 1.65. The van der Waals surface area contributed by atoms with Crippen LogP contribution in [0.25, 0.3) is 26.8 Å². The van der Waals surface area contributed by atoms with Crippen molar-refractivity contribution in [3.05, 3.63) is 53.7 Å². The monoisotopic (exact) mass is 349 g/mol. The third kappa shape index (κ3) is 2.07. The zero-order valence-corrected chi connectivity index (χ0v) is 14.6. The summed E-state index contributed by atoms with van der Waals surface area (Å²) >= 11 is 1.61. The van der Waals surface area contributed by atoms with Crippen molar-refractivity contribution < 1.29 is 9.47 Å². The molecule has 2 aromatic carbocycles. The number of ether oxygens (including phenoxy) is 2. The Bertz CT molecular complexity index is 1100. The second-order valence-corrected chi connectivity index (χ2v) is 6.87. The maximum atomic E-state index is 5.44. The summed E-state index contributed by atoms with van der Waals surface area (Å²) in [6, 6.07) is 14.3. The molecule has 0 spiro atoms. The quantitative estimate of drug-likeness (QED) is 0.493. The van der Waals surface area contributed by atoms with Crippen LogP contribution < -0.4 is 9.47 Å². The van der Waals surface area contributed by atoms with E-state index in [4.69, 9.17) is 19.6 Å². The van der Waals surface area contributed by atoms with E-state index in [1.807, 2.05) is 34.8 Å². The van der Waals surface area contributed by atoms with Crippen molar-refractivity contribution in [1.29, 1.82) is 0 Å². The van der Waals surface area contributed by atoms with Gasteiger partial charge < -0.3 is 9.47 Å². The van der Waals surface area contributed by atoms with Crippen LogP contribution in [0.1, 0.15) is 11.3 Å². The van der Waals surface area contributed by atoms with Gasteiger partial charge in [0.2, 0.25) is 4.96 Å². The fourth-order valence-electron chi connectivity index (χ4n) is 3.33. The van der Waals surface area contributed by atoms with E-state index in [1.165, 1.54) is 5.56 Å².